The van der Waals surface area contributed by atoms with Crippen molar-refractivity contribution in [1.29, 1.82) is 0 Å². The Labute approximate surface area is 232 Å². The van der Waals surface area contributed by atoms with Crippen molar-refractivity contribution in [2.24, 2.45) is 0 Å². The topological polar surface area (TPSA) is 257 Å². The van der Waals surface area contributed by atoms with Gasteiger partial charge in [-0.15, -0.1) is 0 Å². The van der Waals surface area contributed by atoms with E-state index in [1.807, 2.05) is 0 Å². The van der Waals surface area contributed by atoms with E-state index >= 15 is 0 Å². The van der Waals surface area contributed by atoms with Crippen LogP contribution in [0.2, 0.25) is 0 Å². The van der Waals surface area contributed by atoms with E-state index in [1.54, 1.807) is 0 Å². The van der Waals surface area contributed by atoms with Crippen molar-refractivity contribution in [2.75, 3.05) is 26.4 Å². The summed E-state index contributed by atoms with van der Waals surface area (Å²) in [5.74, 6) is 0. The molecule has 6 N–H and O–H groups in total. The molecule has 0 bridgehead atoms. The molecule has 0 aliphatic rings. The van der Waals surface area contributed by atoms with Crippen molar-refractivity contribution >= 4 is 15.6 Å². The summed E-state index contributed by atoms with van der Waals surface area (Å²) in [6.07, 6.45) is -2.66. The Morgan fingerprint density at radius 2 is 1.16 bits per heavy atom. The van der Waals surface area contributed by atoms with E-state index in [9.17, 15) is 28.7 Å². The third-order valence-corrected chi connectivity index (χ3v) is 2.34. The van der Waals surface area contributed by atoms with Crippen LogP contribution < -0.4 is 138 Å². The van der Waals surface area contributed by atoms with Crippen LogP contribution in [0.4, 0.5) is 0 Å². The maximum absolute atomic E-state index is 9.79. The Morgan fingerprint density at radius 1 is 0.800 bits per heavy atom. The van der Waals surface area contributed by atoms with Crippen LogP contribution in [0.25, 0.3) is 0 Å². The number of hydrogen-bond donors (Lipinski definition) is 4. The first kappa shape index (κ1) is 47.0. The summed E-state index contributed by atoms with van der Waals surface area (Å²) in [5.41, 5.74) is 0. The quantitative estimate of drug-likeness (QED) is 0.199. The zero-order valence-electron chi connectivity index (χ0n) is 14.4. The number of phosphoric ester groups is 2. The van der Waals surface area contributed by atoms with Gasteiger partial charge in [0.05, 0.1) is 42.1 Å². The maximum atomic E-state index is 9.79. The first-order valence-electron chi connectivity index (χ1n) is 4.82. The Kier molecular flexibility index (Phi) is 49.0. The van der Waals surface area contributed by atoms with Gasteiger partial charge >= 0.3 is 118 Å². The van der Waals surface area contributed by atoms with E-state index in [1.165, 1.54) is 0 Å². The summed E-state index contributed by atoms with van der Waals surface area (Å²) < 4.78 is 26.8. The van der Waals surface area contributed by atoms with Crippen molar-refractivity contribution in [1.82, 2.24) is 0 Å². The predicted molar refractivity (Wildman–Crippen MR) is 56.9 cm³/mol. The molecule has 0 aromatic rings. The summed E-state index contributed by atoms with van der Waals surface area (Å²) in [6.45, 7) is -2.74. The monoisotopic (exact) mass is 450 g/mol. The van der Waals surface area contributed by atoms with E-state index in [0.29, 0.717) is 0 Å². The Hall–Kier alpha value is 4.02. The standard InChI is InChI=1S/2C3H9O6P.4Na.H2O/c4-1-3(5)2-9-10(6,7)8;4-1-3(2-5)9-10(6,7)8;;;;;/h2*3-5H,1-2H2,(H2,6,7,8);;;;;1H2/q;;4*+1;/p-4. The second kappa shape index (κ2) is 26.1. The first-order valence-corrected chi connectivity index (χ1v) is 7.75. The molecular weight excluding hydrogens is 434 g/mol. The zero-order valence-corrected chi connectivity index (χ0v) is 24.2. The van der Waals surface area contributed by atoms with Crippen LogP contribution in [-0.2, 0) is 18.2 Å². The molecular formula is C6H16Na4O13P2. The van der Waals surface area contributed by atoms with Crippen LogP contribution >= 0.6 is 15.6 Å². The molecule has 1 unspecified atom stereocenters. The van der Waals surface area contributed by atoms with Crippen molar-refractivity contribution < 1.29 is 182 Å². The van der Waals surface area contributed by atoms with E-state index in [0.717, 1.165) is 0 Å². The molecule has 0 fully saturated rings. The summed E-state index contributed by atoms with van der Waals surface area (Å²) >= 11 is 0. The predicted octanol–water partition coefficient (Wildman–Crippen LogP) is -18.4. The molecule has 25 heavy (non-hydrogen) atoms. The van der Waals surface area contributed by atoms with Crippen LogP contribution in [0.3, 0.4) is 0 Å². The van der Waals surface area contributed by atoms with Gasteiger partial charge < -0.3 is 63.7 Å². The SMILES string of the molecule is O.O=P([O-])([O-])OC(CO)CO.O=P([O-])([O-])OCC(O)CO.[Na+].[Na+].[Na+].[Na+]. The Balaban J connectivity index is -0.0000000432. The van der Waals surface area contributed by atoms with Crippen LogP contribution in [0.5, 0.6) is 0 Å². The smallest absolute Gasteiger partial charge is 0.790 e. The average molecular weight is 450 g/mol. The molecule has 0 aliphatic heterocycles. The fourth-order valence-electron chi connectivity index (χ4n) is 0.537. The Bertz CT molecular complexity index is 334. The molecule has 0 aromatic heterocycles. The van der Waals surface area contributed by atoms with E-state index in [-0.39, 0.29) is 124 Å². The molecule has 0 radical (unpaired) electrons. The molecule has 1 atom stereocenters. The molecule has 132 valence electrons. The molecule has 0 aliphatic carbocycles. The first-order chi connectivity index (χ1) is 8.95. The minimum absolute atomic E-state index is 0. The van der Waals surface area contributed by atoms with Gasteiger partial charge in [0, 0.05) is 0 Å². The number of aliphatic hydroxyl groups excluding tert-OH is 4. The van der Waals surface area contributed by atoms with Gasteiger partial charge in [0.2, 0.25) is 0 Å². The van der Waals surface area contributed by atoms with Gasteiger partial charge in [0.15, 0.2) is 0 Å². The molecule has 19 heteroatoms. The normalized spacial score (nSPS) is 11.1. The van der Waals surface area contributed by atoms with Crippen LogP contribution in [-0.4, -0.2) is 64.5 Å². The summed E-state index contributed by atoms with van der Waals surface area (Å²) in [7, 11) is -10.1. The van der Waals surface area contributed by atoms with Crippen LogP contribution in [0.15, 0.2) is 0 Å². The third-order valence-electron chi connectivity index (χ3n) is 1.32. The van der Waals surface area contributed by atoms with Gasteiger partial charge in [-0.25, -0.2) is 0 Å². The molecule has 0 aromatic carbocycles. The molecule has 0 rings (SSSR count). The van der Waals surface area contributed by atoms with Crippen LogP contribution in [0, 0.1) is 0 Å². The van der Waals surface area contributed by atoms with Crippen molar-refractivity contribution in [3.63, 3.8) is 0 Å². The number of aliphatic hydroxyl groups is 4. The summed E-state index contributed by atoms with van der Waals surface area (Å²) in [4.78, 5) is 39.0. The average Bonchev–Trinajstić information content (AvgIpc) is 2.31. The summed E-state index contributed by atoms with van der Waals surface area (Å²) in [6, 6.07) is 0. The summed E-state index contributed by atoms with van der Waals surface area (Å²) in [5, 5.41) is 33.0. The molecule has 13 nitrogen and oxygen atoms in total. The van der Waals surface area contributed by atoms with Gasteiger partial charge in [-0.1, -0.05) is 0 Å². The zero-order chi connectivity index (χ0) is 16.4. The van der Waals surface area contributed by atoms with Gasteiger partial charge in [-0.3, -0.25) is 0 Å². The molecule has 0 spiro atoms. The van der Waals surface area contributed by atoms with E-state index in [4.69, 9.17) is 20.4 Å². The van der Waals surface area contributed by atoms with Crippen molar-refractivity contribution in [2.45, 2.75) is 12.2 Å². The van der Waals surface area contributed by atoms with Gasteiger partial charge in [-0.05, 0) is 0 Å². The molecule has 0 saturated heterocycles. The minimum atomic E-state index is -5.07. The van der Waals surface area contributed by atoms with Gasteiger partial charge in [0.25, 0.3) is 0 Å². The number of hydrogen-bond acceptors (Lipinski definition) is 12. The molecule has 0 amide bonds. The molecule has 0 heterocycles. The van der Waals surface area contributed by atoms with Crippen molar-refractivity contribution in [3.8, 4) is 0 Å². The number of phosphoric acid groups is 2. The third kappa shape index (κ3) is 42.9. The second-order valence-electron chi connectivity index (χ2n) is 3.12. The molecule has 0 saturated carbocycles. The number of rotatable bonds is 8. The van der Waals surface area contributed by atoms with Crippen LogP contribution in [0.1, 0.15) is 0 Å². The van der Waals surface area contributed by atoms with Crippen molar-refractivity contribution in [3.05, 3.63) is 0 Å². The Morgan fingerprint density at radius 3 is 1.32 bits per heavy atom. The van der Waals surface area contributed by atoms with E-state index in [2.05, 4.69) is 9.05 Å². The van der Waals surface area contributed by atoms with Gasteiger partial charge in [-0.2, -0.15) is 0 Å². The fourth-order valence-corrected chi connectivity index (χ4v) is 1.39. The fraction of sp³-hybridized carbons (Fsp3) is 1.00. The minimum Gasteiger partial charge on any atom is -0.790 e. The van der Waals surface area contributed by atoms with E-state index < -0.39 is 54.3 Å². The van der Waals surface area contributed by atoms with Gasteiger partial charge in [0.1, 0.15) is 12.2 Å². The maximum Gasteiger partial charge on any atom is 1.00 e. The largest absolute Gasteiger partial charge is 1.00 e. The second-order valence-corrected chi connectivity index (χ2v) is 5.38.